The zero-order chi connectivity index (χ0) is 12.4. The second kappa shape index (κ2) is 4.58. The molecular weight excluding hydrogens is 236 g/mol. The van der Waals surface area contributed by atoms with Crippen LogP contribution < -0.4 is 11.1 Å². The molecule has 0 aliphatic heterocycles. The Balaban J connectivity index is 2.07. The summed E-state index contributed by atoms with van der Waals surface area (Å²) >= 11 is 1.39. The number of aryl methyl sites for hydroxylation is 1. The lowest BCUT2D eigenvalue weighted by molar-refractivity contribution is 0.0942. The van der Waals surface area contributed by atoms with E-state index in [1.807, 2.05) is 13.8 Å². The number of thiophene rings is 1. The third-order valence-electron chi connectivity index (χ3n) is 2.46. The van der Waals surface area contributed by atoms with Crippen molar-refractivity contribution >= 4 is 22.9 Å². The summed E-state index contributed by atoms with van der Waals surface area (Å²) in [5.41, 5.74) is 6.37. The Bertz CT molecular complexity index is 498. The monoisotopic (exact) mass is 250 g/mol. The predicted octanol–water partition coefficient (Wildman–Crippen LogP) is 1.85. The highest BCUT2D eigenvalue weighted by atomic mass is 32.1. The molecule has 1 atom stereocenters. The third kappa shape index (κ3) is 2.47. The Labute approximate surface area is 103 Å². The molecule has 5 nitrogen and oxygen atoms in total. The highest BCUT2D eigenvalue weighted by Gasteiger charge is 2.15. The molecule has 1 amide bonds. The summed E-state index contributed by atoms with van der Waals surface area (Å²) < 4.78 is 0. The first-order chi connectivity index (χ1) is 8.08. The van der Waals surface area contributed by atoms with E-state index < -0.39 is 0 Å². The van der Waals surface area contributed by atoms with Gasteiger partial charge in [-0.15, -0.1) is 11.3 Å². The van der Waals surface area contributed by atoms with Gasteiger partial charge in [0.15, 0.2) is 0 Å². The molecule has 17 heavy (non-hydrogen) atoms. The minimum Gasteiger partial charge on any atom is -0.398 e. The maximum absolute atomic E-state index is 11.9. The van der Waals surface area contributed by atoms with Crippen LogP contribution in [0.4, 0.5) is 5.69 Å². The molecule has 0 aromatic carbocycles. The van der Waals surface area contributed by atoms with Gasteiger partial charge in [0.2, 0.25) is 0 Å². The van der Waals surface area contributed by atoms with E-state index in [0.717, 1.165) is 10.7 Å². The fourth-order valence-electron chi connectivity index (χ4n) is 1.46. The van der Waals surface area contributed by atoms with E-state index in [2.05, 4.69) is 15.3 Å². The molecule has 0 bridgehead atoms. The Morgan fingerprint density at radius 3 is 2.94 bits per heavy atom. The van der Waals surface area contributed by atoms with Gasteiger partial charge in [-0.2, -0.15) is 0 Å². The number of nitrogen functional groups attached to an aromatic ring is 1. The minimum absolute atomic E-state index is 0.126. The molecule has 0 fully saturated rings. The van der Waals surface area contributed by atoms with Gasteiger partial charge in [-0.25, -0.2) is 4.98 Å². The van der Waals surface area contributed by atoms with Crippen LogP contribution in [0, 0.1) is 6.92 Å². The molecule has 0 aliphatic carbocycles. The number of aromatic nitrogens is 2. The van der Waals surface area contributed by atoms with Crippen LogP contribution in [0.25, 0.3) is 0 Å². The van der Waals surface area contributed by atoms with Crippen molar-refractivity contribution in [1.82, 2.24) is 15.3 Å². The number of carbonyl (C=O) groups is 1. The number of H-pyrrole nitrogens is 1. The van der Waals surface area contributed by atoms with E-state index in [4.69, 9.17) is 5.73 Å². The Kier molecular flexibility index (Phi) is 3.14. The summed E-state index contributed by atoms with van der Waals surface area (Å²) in [7, 11) is 0. The molecule has 2 aromatic heterocycles. The maximum Gasteiger partial charge on any atom is 0.262 e. The summed E-state index contributed by atoms with van der Waals surface area (Å²) in [5.74, 6) is 0.610. The van der Waals surface area contributed by atoms with E-state index in [-0.39, 0.29) is 11.9 Å². The number of nitrogens with two attached hydrogens (primary N) is 1. The van der Waals surface area contributed by atoms with Gasteiger partial charge < -0.3 is 16.0 Å². The van der Waals surface area contributed by atoms with Gasteiger partial charge in [0.1, 0.15) is 5.82 Å². The Morgan fingerprint density at radius 1 is 1.65 bits per heavy atom. The number of amides is 1. The second-order valence-corrected chi connectivity index (χ2v) is 5.05. The number of carbonyl (C=O) groups excluding carboxylic acids is 1. The standard InChI is InChI=1S/C11H14N4OS/c1-6(10-13-3-4-14-10)15-11(16)9-5-8(12)7(2)17-9/h3-6H,12H2,1-2H3,(H,13,14)(H,15,16). The van der Waals surface area contributed by atoms with Gasteiger partial charge in [-0.05, 0) is 19.9 Å². The van der Waals surface area contributed by atoms with Crippen molar-refractivity contribution in [2.45, 2.75) is 19.9 Å². The van der Waals surface area contributed by atoms with E-state index in [1.54, 1.807) is 18.5 Å². The first-order valence-electron chi connectivity index (χ1n) is 5.24. The summed E-state index contributed by atoms with van der Waals surface area (Å²) in [4.78, 5) is 20.6. The summed E-state index contributed by atoms with van der Waals surface area (Å²) in [5, 5.41) is 2.86. The number of hydrogen-bond donors (Lipinski definition) is 3. The number of anilines is 1. The van der Waals surface area contributed by atoms with Crippen molar-refractivity contribution in [3.8, 4) is 0 Å². The van der Waals surface area contributed by atoms with Gasteiger partial charge in [-0.1, -0.05) is 0 Å². The molecule has 0 spiro atoms. The Hall–Kier alpha value is -1.82. The molecule has 0 radical (unpaired) electrons. The lowest BCUT2D eigenvalue weighted by Gasteiger charge is -2.10. The fraction of sp³-hybridized carbons (Fsp3) is 0.273. The van der Waals surface area contributed by atoms with Crippen molar-refractivity contribution in [1.29, 1.82) is 0 Å². The highest BCUT2D eigenvalue weighted by Crippen LogP contribution is 2.23. The molecule has 0 aliphatic rings. The van der Waals surface area contributed by atoms with Crippen LogP contribution in [0.5, 0.6) is 0 Å². The van der Waals surface area contributed by atoms with Crippen molar-refractivity contribution in [3.05, 3.63) is 34.0 Å². The predicted molar refractivity (Wildman–Crippen MR) is 67.9 cm³/mol. The molecule has 0 saturated heterocycles. The van der Waals surface area contributed by atoms with Gasteiger partial charge in [0, 0.05) is 23.0 Å². The van der Waals surface area contributed by atoms with E-state index in [9.17, 15) is 4.79 Å². The van der Waals surface area contributed by atoms with Crippen LogP contribution >= 0.6 is 11.3 Å². The highest BCUT2D eigenvalue weighted by molar-refractivity contribution is 7.14. The zero-order valence-corrected chi connectivity index (χ0v) is 10.5. The Morgan fingerprint density at radius 2 is 2.41 bits per heavy atom. The number of rotatable bonds is 3. The number of nitrogens with one attached hydrogen (secondary N) is 2. The average Bonchev–Trinajstić information content (AvgIpc) is 2.89. The molecule has 6 heteroatoms. The number of imidazole rings is 1. The molecule has 4 N–H and O–H groups in total. The quantitative estimate of drug-likeness (QED) is 0.777. The minimum atomic E-state index is -0.152. The average molecular weight is 250 g/mol. The molecule has 2 heterocycles. The van der Waals surface area contributed by atoms with Crippen LogP contribution in [0.1, 0.15) is 33.3 Å². The van der Waals surface area contributed by atoms with Gasteiger partial charge in [-0.3, -0.25) is 4.79 Å². The summed E-state index contributed by atoms with van der Waals surface area (Å²) in [6, 6.07) is 1.55. The van der Waals surface area contributed by atoms with Gasteiger partial charge in [0.25, 0.3) is 5.91 Å². The number of nitrogens with zero attached hydrogens (tertiary/aromatic N) is 1. The largest absolute Gasteiger partial charge is 0.398 e. The van der Waals surface area contributed by atoms with Crippen molar-refractivity contribution in [2.24, 2.45) is 0 Å². The summed E-state index contributed by atoms with van der Waals surface area (Å²) in [6.07, 6.45) is 3.39. The van der Waals surface area contributed by atoms with Gasteiger partial charge in [0.05, 0.1) is 10.9 Å². The van der Waals surface area contributed by atoms with E-state index in [1.165, 1.54) is 11.3 Å². The maximum atomic E-state index is 11.9. The SMILES string of the molecule is Cc1sc(C(=O)NC(C)c2ncc[nH]2)cc1N. The smallest absolute Gasteiger partial charge is 0.262 e. The second-order valence-electron chi connectivity index (χ2n) is 3.79. The van der Waals surface area contributed by atoms with Gasteiger partial charge >= 0.3 is 0 Å². The third-order valence-corrected chi connectivity index (χ3v) is 3.52. The number of aromatic amines is 1. The lowest BCUT2D eigenvalue weighted by Crippen LogP contribution is -2.26. The molecule has 2 rings (SSSR count). The van der Waals surface area contributed by atoms with Crippen LogP contribution in [0.15, 0.2) is 18.5 Å². The zero-order valence-electron chi connectivity index (χ0n) is 9.65. The molecule has 0 saturated carbocycles. The topological polar surface area (TPSA) is 83.8 Å². The van der Waals surface area contributed by atoms with E-state index >= 15 is 0 Å². The van der Waals surface area contributed by atoms with Crippen LogP contribution in [0.2, 0.25) is 0 Å². The van der Waals surface area contributed by atoms with Crippen LogP contribution in [0.3, 0.4) is 0 Å². The van der Waals surface area contributed by atoms with E-state index in [0.29, 0.717) is 10.6 Å². The van der Waals surface area contributed by atoms with Crippen molar-refractivity contribution in [2.75, 3.05) is 5.73 Å². The van der Waals surface area contributed by atoms with Crippen LogP contribution in [-0.4, -0.2) is 15.9 Å². The van der Waals surface area contributed by atoms with Crippen molar-refractivity contribution in [3.63, 3.8) is 0 Å². The number of hydrogen-bond acceptors (Lipinski definition) is 4. The summed E-state index contributed by atoms with van der Waals surface area (Å²) in [6.45, 7) is 3.77. The molecule has 90 valence electrons. The first kappa shape index (κ1) is 11.7. The molecule has 1 unspecified atom stereocenters. The molecular formula is C11H14N4OS. The molecule has 2 aromatic rings. The first-order valence-corrected chi connectivity index (χ1v) is 6.05. The van der Waals surface area contributed by atoms with Crippen LogP contribution in [-0.2, 0) is 0 Å². The lowest BCUT2D eigenvalue weighted by atomic mass is 10.3. The normalized spacial score (nSPS) is 12.4. The fourth-order valence-corrected chi connectivity index (χ4v) is 2.30. The van der Waals surface area contributed by atoms with Crippen molar-refractivity contribution < 1.29 is 4.79 Å².